The van der Waals surface area contributed by atoms with E-state index in [1.54, 1.807) is 11.8 Å². The second kappa shape index (κ2) is 5.78. The Morgan fingerprint density at radius 1 is 1.10 bits per heavy atom. The molecule has 4 heteroatoms. The number of nitrogens with zero attached hydrogens (tertiary/aromatic N) is 2. The quantitative estimate of drug-likeness (QED) is 0.859. The first-order valence-electron chi connectivity index (χ1n) is 7.71. The summed E-state index contributed by atoms with van der Waals surface area (Å²) in [6, 6.07) is 7.49. The molecular weight excluding hydrogens is 278 g/mol. The monoisotopic (exact) mass is 297 g/mol. The summed E-state index contributed by atoms with van der Waals surface area (Å²) in [5.74, 6) is 0. The lowest BCUT2D eigenvalue weighted by Gasteiger charge is -2.05. The Morgan fingerprint density at radius 3 is 2.71 bits per heavy atom. The molecule has 2 aromatic rings. The number of fused-ring (bicyclic) bond motifs is 1. The van der Waals surface area contributed by atoms with Gasteiger partial charge >= 0.3 is 0 Å². The third-order valence-corrected chi connectivity index (χ3v) is 5.02. The predicted molar refractivity (Wildman–Crippen MR) is 84.5 cm³/mol. The van der Waals surface area contributed by atoms with Crippen LogP contribution in [0.4, 0.5) is 0 Å². The summed E-state index contributed by atoms with van der Waals surface area (Å²) >= 11 is 1.66. The first-order chi connectivity index (χ1) is 10.4. The van der Waals surface area contributed by atoms with E-state index in [1.165, 1.54) is 53.7 Å². The van der Waals surface area contributed by atoms with Crippen LogP contribution in [0, 0.1) is 0 Å². The highest BCUT2D eigenvalue weighted by atomic mass is 32.2. The molecule has 1 aromatic heterocycles. The summed E-state index contributed by atoms with van der Waals surface area (Å²) in [4.78, 5) is 10.2. The van der Waals surface area contributed by atoms with E-state index in [-0.39, 0.29) is 0 Å². The molecule has 108 valence electrons. The molecule has 2 aliphatic rings. The molecule has 21 heavy (non-hydrogen) atoms. The second-order valence-corrected chi connectivity index (χ2v) is 6.96. The number of rotatable bonds is 5. The third-order valence-electron chi connectivity index (χ3n) is 4.13. The van der Waals surface area contributed by atoms with Crippen molar-refractivity contribution in [2.45, 2.75) is 54.7 Å². The summed E-state index contributed by atoms with van der Waals surface area (Å²) in [7, 11) is 0. The summed E-state index contributed by atoms with van der Waals surface area (Å²) < 4.78 is 0. The molecule has 1 saturated carbocycles. The predicted octanol–water partition coefficient (Wildman–Crippen LogP) is 3.37. The first-order valence-corrected chi connectivity index (χ1v) is 8.52. The normalized spacial score (nSPS) is 17.0. The molecule has 0 aliphatic heterocycles. The fourth-order valence-electron chi connectivity index (χ4n) is 2.75. The van der Waals surface area contributed by atoms with E-state index >= 15 is 0 Å². The van der Waals surface area contributed by atoms with Crippen LogP contribution in [0.25, 0.3) is 0 Å². The topological polar surface area (TPSA) is 37.8 Å². The van der Waals surface area contributed by atoms with Crippen LogP contribution >= 0.6 is 11.8 Å². The third kappa shape index (κ3) is 3.27. The van der Waals surface area contributed by atoms with Crippen LogP contribution in [-0.2, 0) is 19.4 Å². The highest BCUT2D eigenvalue weighted by Crippen LogP contribution is 2.30. The lowest BCUT2D eigenvalue weighted by molar-refractivity contribution is 0.680. The number of aryl methyl sites for hydroxylation is 2. The zero-order chi connectivity index (χ0) is 14.1. The Bertz CT molecular complexity index is 635. The van der Waals surface area contributed by atoms with Crippen LogP contribution < -0.4 is 5.32 Å². The Hall–Kier alpha value is -1.39. The minimum absolute atomic E-state index is 0.727. The minimum Gasteiger partial charge on any atom is -0.310 e. The van der Waals surface area contributed by atoms with Crippen molar-refractivity contribution in [3.05, 3.63) is 47.3 Å². The Balaban J connectivity index is 1.41. The van der Waals surface area contributed by atoms with Crippen molar-refractivity contribution in [3.8, 4) is 0 Å². The van der Waals surface area contributed by atoms with Crippen LogP contribution in [0.15, 0.2) is 40.6 Å². The average Bonchev–Trinajstić information content (AvgIpc) is 3.23. The van der Waals surface area contributed by atoms with Crippen molar-refractivity contribution in [1.82, 2.24) is 15.3 Å². The van der Waals surface area contributed by atoms with Crippen molar-refractivity contribution in [2.24, 2.45) is 0 Å². The van der Waals surface area contributed by atoms with Gasteiger partial charge in [-0.1, -0.05) is 6.07 Å². The van der Waals surface area contributed by atoms with E-state index in [9.17, 15) is 0 Å². The van der Waals surface area contributed by atoms with Crippen LogP contribution in [0.3, 0.4) is 0 Å². The molecule has 0 unspecified atom stereocenters. The molecule has 0 amide bonds. The lowest BCUT2D eigenvalue weighted by atomic mass is 10.1. The number of aromatic nitrogens is 2. The molecule has 3 nitrogen and oxygen atoms in total. The average molecular weight is 297 g/mol. The maximum absolute atomic E-state index is 4.48. The molecular formula is C17H19N3S. The van der Waals surface area contributed by atoms with Gasteiger partial charge in [-0.2, -0.15) is 0 Å². The van der Waals surface area contributed by atoms with Gasteiger partial charge in [-0.05, 0) is 67.1 Å². The minimum atomic E-state index is 0.727. The molecule has 0 bridgehead atoms. The van der Waals surface area contributed by atoms with Crippen LogP contribution in [0.2, 0.25) is 0 Å². The fraction of sp³-hybridized carbons (Fsp3) is 0.412. The zero-order valence-electron chi connectivity index (χ0n) is 12.0. The summed E-state index contributed by atoms with van der Waals surface area (Å²) in [6.07, 6.45) is 10.3. The van der Waals surface area contributed by atoms with Gasteiger partial charge in [0, 0.05) is 35.4 Å². The number of hydrogen-bond acceptors (Lipinski definition) is 4. The van der Waals surface area contributed by atoms with E-state index in [2.05, 4.69) is 33.5 Å². The standard InChI is InChI=1S/C17H19N3S/c1-2-13-4-7-16(8-14(13)3-1)21-17-19-10-12(11-20-17)9-18-15-5-6-15/h4,7-8,10-11,15,18H,1-3,5-6,9H2. The molecule has 0 spiro atoms. The van der Waals surface area contributed by atoms with Gasteiger partial charge in [0.05, 0.1) is 0 Å². The van der Waals surface area contributed by atoms with Gasteiger partial charge in [0.15, 0.2) is 5.16 Å². The van der Waals surface area contributed by atoms with E-state index in [1.807, 2.05) is 12.4 Å². The van der Waals surface area contributed by atoms with E-state index in [0.717, 1.165) is 17.7 Å². The van der Waals surface area contributed by atoms with Gasteiger partial charge in [-0.15, -0.1) is 0 Å². The summed E-state index contributed by atoms with van der Waals surface area (Å²) in [6.45, 7) is 0.883. The highest BCUT2D eigenvalue weighted by Gasteiger charge is 2.20. The van der Waals surface area contributed by atoms with Gasteiger partial charge < -0.3 is 5.32 Å². The van der Waals surface area contributed by atoms with Gasteiger partial charge in [0.2, 0.25) is 0 Å². The number of hydrogen-bond donors (Lipinski definition) is 1. The van der Waals surface area contributed by atoms with Crippen LogP contribution in [0.1, 0.15) is 36.0 Å². The molecule has 1 fully saturated rings. The highest BCUT2D eigenvalue weighted by molar-refractivity contribution is 7.99. The van der Waals surface area contributed by atoms with Gasteiger partial charge in [0.25, 0.3) is 0 Å². The molecule has 0 saturated heterocycles. The number of nitrogens with one attached hydrogen (secondary N) is 1. The number of benzene rings is 1. The Kier molecular flexibility index (Phi) is 3.65. The molecule has 1 aromatic carbocycles. The van der Waals surface area contributed by atoms with Crippen molar-refractivity contribution < 1.29 is 0 Å². The zero-order valence-corrected chi connectivity index (χ0v) is 12.8. The van der Waals surface area contributed by atoms with Crippen molar-refractivity contribution in [3.63, 3.8) is 0 Å². The molecule has 1 N–H and O–H groups in total. The van der Waals surface area contributed by atoms with E-state index in [4.69, 9.17) is 0 Å². The maximum atomic E-state index is 4.48. The second-order valence-electron chi connectivity index (χ2n) is 5.92. The summed E-state index contributed by atoms with van der Waals surface area (Å²) in [5, 5.41) is 4.32. The van der Waals surface area contributed by atoms with Gasteiger partial charge in [-0.3, -0.25) is 0 Å². The van der Waals surface area contributed by atoms with Gasteiger partial charge in [0.1, 0.15) is 0 Å². The summed E-state index contributed by atoms with van der Waals surface area (Å²) in [5.41, 5.74) is 4.19. The van der Waals surface area contributed by atoms with Crippen LogP contribution in [0.5, 0.6) is 0 Å². The largest absolute Gasteiger partial charge is 0.310 e. The molecule has 1 heterocycles. The molecule has 0 radical (unpaired) electrons. The van der Waals surface area contributed by atoms with Crippen molar-refractivity contribution in [2.75, 3.05) is 0 Å². The Morgan fingerprint density at radius 2 is 1.90 bits per heavy atom. The maximum Gasteiger partial charge on any atom is 0.192 e. The Labute approximate surface area is 129 Å². The lowest BCUT2D eigenvalue weighted by Crippen LogP contribution is -2.15. The fourth-order valence-corrected chi connectivity index (χ4v) is 3.51. The van der Waals surface area contributed by atoms with Crippen molar-refractivity contribution >= 4 is 11.8 Å². The van der Waals surface area contributed by atoms with Crippen molar-refractivity contribution in [1.29, 1.82) is 0 Å². The van der Waals surface area contributed by atoms with E-state index < -0.39 is 0 Å². The van der Waals surface area contributed by atoms with Gasteiger partial charge in [-0.25, -0.2) is 9.97 Å². The van der Waals surface area contributed by atoms with E-state index in [0.29, 0.717) is 0 Å². The smallest absolute Gasteiger partial charge is 0.192 e. The van der Waals surface area contributed by atoms with Crippen LogP contribution in [-0.4, -0.2) is 16.0 Å². The SMILES string of the molecule is c1nc(Sc2ccc3c(c2)CCC3)ncc1CNC1CC1. The molecule has 0 atom stereocenters. The molecule has 4 rings (SSSR count). The molecule has 2 aliphatic carbocycles. The first kappa shape index (κ1) is 13.3.